The summed E-state index contributed by atoms with van der Waals surface area (Å²) in [4.78, 5) is 21.7. The van der Waals surface area contributed by atoms with Gasteiger partial charge in [-0.1, -0.05) is 12.1 Å². The molecule has 0 spiro atoms. The first-order valence-corrected chi connectivity index (χ1v) is 4.22. The smallest absolute Gasteiger partial charge is 0.337 e. The second-order valence-corrected chi connectivity index (χ2v) is 2.92. The Kier molecular flexibility index (Phi) is 3.41. The summed E-state index contributed by atoms with van der Waals surface area (Å²) in [5.74, 6) is -1.31. The maximum absolute atomic E-state index is 11.1. The van der Waals surface area contributed by atoms with Crippen LogP contribution in [0.25, 0.3) is 0 Å². The van der Waals surface area contributed by atoms with E-state index in [9.17, 15) is 14.7 Å². The quantitative estimate of drug-likeness (QED) is 0.685. The Morgan fingerprint density at radius 1 is 1.33 bits per heavy atom. The lowest BCUT2D eigenvalue weighted by molar-refractivity contribution is -0.126. The van der Waals surface area contributed by atoms with Gasteiger partial charge >= 0.3 is 5.97 Å². The monoisotopic (exact) mass is 209 g/mol. The minimum Gasteiger partial charge on any atom is -0.465 e. The number of esters is 1. The van der Waals surface area contributed by atoms with E-state index < -0.39 is 18.0 Å². The Balaban J connectivity index is 2.90. The number of benzene rings is 1. The van der Waals surface area contributed by atoms with Gasteiger partial charge in [0.2, 0.25) is 0 Å². The molecule has 0 aliphatic heterocycles. The van der Waals surface area contributed by atoms with Crippen molar-refractivity contribution in [2.75, 3.05) is 7.11 Å². The first kappa shape index (κ1) is 11.2. The summed E-state index contributed by atoms with van der Waals surface area (Å²) >= 11 is 0. The number of carbonyl (C=O) groups excluding carboxylic acids is 2. The van der Waals surface area contributed by atoms with Crippen LogP contribution in [0.2, 0.25) is 0 Å². The van der Waals surface area contributed by atoms with Crippen molar-refractivity contribution in [1.29, 1.82) is 0 Å². The van der Waals surface area contributed by atoms with Crippen LogP contribution in [0.5, 0.6) is 0 Å². The van der Waals surface area contributed by atoms with E-state index in [0.717, 1.165) is 0 Å². The fourth-order valence-electron chi connectivity index (χ4n) is 1.08. The molecule has 0 aromatic heterocycles. The van der Waals surface area contributed by atoms with Crippen LogP contribution in [0.15, 0.2) is 24.3 Å². The number of nitrogens with two attached hydrogens (primary N) is 1. The lowest BCUT2D eigenvalue weighted by atomic mass is 10.1. The van der Waals surface area contributed by atoms with E-state index in [2.05, 4.69) is 4.74 Å². The number of methoxy groups -OCH3 is 1. The Bertz CT molecular complexity index is 372. The number of aliphatic hydroxyl groups is 1. The highest BCUT2D eigenvalue weighted by molar-refractivity contribution is 5.89. The van der Waals surface area contributed by atoms with Crippen molar-refractivity contribution in [3.63, 3.8) is 0 Å². The summed E-state index contributed by atoms with van der Waals surface area (Å²) in [6.45, 7) is 0. The third kappa shape index (κ3) is 2.54. The number of aliphatic hydroxyl groups excluding tert-OH is 1. The van der Waals surface area contributed by atoms with E-state index in [0.29, 0.717) is 11.1 Å². The highest BCUT2D eigenvalue weighted by Gasteiger charge is 2.14. The van der Waals surface area contributed by atoms with Gasteiger partial charge in [0.15, 0.2) is 6.10 Å². The van der Waals surface area contributed by atoms with Gasteiger partial charge in [0.05, 0.1) is 12.7 Å². The zero-order chi connectivity index (χ0) is 11.4. The van der Waals surface area contributed by atoms with Gasteiger partial charge in [-0.25, -0.2) is 4.79 Å². The standard InChI is InChI=1S/C10H11NO4/c1-15-10(14)7-4-2-6(3-5-7)8(12)9(11)13/h2-5,8,12H,1H3,(H2,11,13)/t8-/m0/s1. The van der Waals surface area contributed by atoms with Gasteiger partial charge < -0.3 is 15.6 Å². The zero-order valence-electron chi connectivity index (χ0n) is 8.14. The Labute approximate surface area is 86.5 Å². The molecule has 0 fully saturated rings. The first-order valence-electron chi connectivity index (χ1n) is 4.22. The molecule has 0 aliphatic carbocycles. The Morgan fingerprint density at radius 3 is 2.27 bits per heavy atom. The SMILES string of the molecule is COC(=O)c1ccc([C@H](O)C(N)=O)cc1. The molecule has 0 heterocycles. The third-order valence-electron chi connectivity index (χ3n) is 1.92. The molecule has 1 atom stereocenters. The van der Waals surface area contributed by atoms with Gasteiger partial charge in [0.25, 0.3) is 5.91 Å². The van der Waals surface area contributed by atoms with Gasteiger partial charge in [0, 0.05) is 0 Å². The van der Waals surface area contributed by atoms with E-state index in [1.165, 1.54) is 31.4 Å². The minimum absolute atomic E-state index is 0.343. The third-order valence-corrected chi connectivity index (χ3v) is 1.92. The van der Waals surface area contributed by atoms with Crippen molar-refractivity contribution in [2.24, 2.45) is 5.73 Å². The van der Waals surface area contributed by atoms with Gasteiger partial charge in [-0.3, -0.25) is 4.79 Å². The van der Waals surface area contributed by atoms with Crippen LogP contribution < -0.4 is 5.73 Å². The van der Waals surface area contributed by atoms with Crippen molar-refractivity contribution in [3.8, 4) is 0 Å². The summed E-state index contributed by atoms with van der Waals surface area (Å²) in [6, 6.07) is 5.80. The molecule has 1 rings (SSSR count). The summed E-state index contributed by atoms with van der Waals surface area (Å²) in [7, 11) is 1.27. The predicted octanol–water partition coefficient (Wildman–Crippen LogP) is -0.00810. The molecule has 15 heavy (non-hydrogen) atoms. The number of primary amides is 1. The van der Waals surface area contributed by atoms with Crippen LogP contribution in [0.3, 0.4) is 0 Å². The largest absolute Gasteiger partial charge is 0.465 e. The number of rotatable bonds is 3. The second kappa shape index (κ2) is 4.56. The highest BCUT2D eigenvalue weighted by atomic mass is 16.5. The molecule has 0 bridgehead atoms. The molecule has 0 saturated carbocycles. The summed E-state index contributed by atoms with van der Waals surface area (Å²) < 4.78 is 4.49. The molecule has 5 nitrogen and oxygen atoms in total. The maximum Gasteiger partial charge on any atom is 0.337 e. The summed E-state index contributed by atoms with van der Waals surface area (Å²) in [5, 5.41) is 9.29. The summed E-state index contributed by atoms with van der Waals surface area (Å²) in [6.07, 6.45) is -1.35. The minimum atomic E-state index is -1.35. The average Bonchev–Trinajstić information content (AvgIpc) is 2.27. The molecule has 5 heteroatoms. The molecular formula is C10H11NO4. The number of ether oxygens (including phenoxy) is 1. The molecule has 80 valence electrons. The molecule has 0 aliphatic rings. The van der Waals surface area contributed by atoms with Crippen LogP contribution >= 0.6 is 0 Å². The number of hydrogen-bond acceptors (Lipinski definition) is 4. The van der Waals surface area contributed by atoms with E-state index in [1.807, 2.05) is 0 Å². The number of carbonyl (C=O) groups is 2. The molecule has 1 aromatic rings. The van der Waals surface area contributed by atoms with Crippen LogP contribution in [0.4, 0.5) is 0 Å². The second-order valence-electron chi connectivity index (χ2n) is 2.92. The lowest BCUT2D eigenvalue weighted by Crippen LogP contribution is -2.20. The fourth-order valence-corrected chi connectivity index (χ4v) is 1.08. The van der Waals surface area contributed by atoms with Gasteiger partial charge in [-0.05, 0) is 17.7 Å². The molecule has 3 N–H and O–H groups in total. The molecular weight excluding hydrogens is 198 g/mol. The van der Waals surface area contributed by atoms with Gasteiger partial charge in [-0.15, -0.1) is 0 Å². The zero-order valence-corrected chi connectivity index (χ0v) is 8.14. The molecule has 1 amide bonds. The van der Waals surface area contributed by atoms with E-state index in [4.69, 9.17) is 5.73 Å². The predicted molar refractivity (Wildman–Crippen MR) is 51.9 cm³/mol. The highest BCUT2D eigenvalue weighted by Crippen LogP contribution is 2.13. The van der Waals surface area contributed by atoms with Crippen molar-refractivity contribution in [1.82, 2.24) is 0 Å². The van der Waals surface area contributed by atoms with Crippen molar-refractivity contribution in [2.45, 2.75) is 6.10 Å². The van der Waals surface area contributed by atoms with Crippen molar-refractivity contribution < 1.29 is 19.4 Å². The van der Waals surface area contributed by atoms with Crippen LogP contribution in [0.1, 0.15) is 22.0 Å². The Hall–Kier alpha value is -1.88. The fraction of sp³-hybridized carbons (Fsp3) is 0.200. The van der Waals surface area contributed by atoms with Crippen LogP contribution in [-0.4, -0.2) is 24.1 Å². The molecule has 0 saturated heterocycles. The number of hydrogen-bond donors (Lipinski definition) is 2. The van der Waals surface area contributed by atoms with E-state index in [1.54, 1.807) is 0 Å². The van der Waals surface area contributed by atoms with Crippen molar-refractivity contribution >= 4 is 11.9 Å². The normalized spacial score (nSPS) is 11.9. The van der Waals surface area contributed by atoms with Crippen LogP contribution in [-0.2, 0) is 9.53 Å². The number of amides is 1. The molecule has 0 unspecified atom stereocenters. The van der Waals surface area contributed by atoms with E-state index in [-0.39, 0.29) is 0 Å². The average molecular weight is 209 g/mol. The Morgan fingerprint density at radius 2 is 1.87 bits per heavy atom. The molecule has 0 radical (unpaired) electrons. The van der Waals surface area contributed by atoms with Crippen molar-refractivity contribution in [3.05, 3.63) is 35.4 Å². The maximum atomic E-state index is 11.1. The lowest BCUT2D eigenvalue weighted by Gasteiger charge is -2.06. The first-order chi connectivity index (χ1) is 7.06. The molecule has 1 aromatic carbocycles. The van der Waals surface area contributed by atoms with Crippen LogP contribution in [0, 0.1) is 0 Å². The van der Waals surface area contributed by atoms with Gasteiger partial charge in [-0.2, -0.15) is 0 Å². The van der Waals surface area contributed by atoms with E-state index >= 15 is 0 Å². The topological polar surface area (TPSA) is 89.6 Å². The van der Waals surface area contributed by atoms with Gasteiger partial charge in [0.1, 0.15) is 0 Å². The summed E-state index contributed by atoms with van der Waals surface area (Å²) in [5.41, 5.74) is 5.60.